The van der Waals surface area contributed by atoms with E-state index in [1.807, 2.05) is 20.8 Å². The second kappa shape index (κ2) is 7.77. The van der Waals surface area contributed by atoms with Crippen LogP contribution in [0.2, 0.25) is 0 Å². The zero-order chi connectivity index (χ0) is 20.2. The summed E-state index contributed by atoms with van der Waals surface area (Å²) in [4.78, 5) is 27.6. The molecule has 27 heavy (non-hydrogen) atoms. The van der Waals surface area contributed by atoms with E-state index in [1.54, 1.807) is 0 Å². The lowest BCUT2D eigenvalue weighted by molar-refractivity contribution is -0.144. The van der Waals surface area contributed by atoms with Crippen LogP contribution in [-0.2, 0) is 27.7 Å². The molecule has 0 unspecified atom stereocenters. The van der Waals surface area contributed by atoms with Gasteiger partial charge in [0.15, 0.2) is 12.4 Å². The van der Waals surface area contributed by atoms with Gasteiger partial charge in [0.2, 0.25) is 0 Å². The molecule has 1 aromatic heterocycles. The van der Waals surface area contributed by atoms with Gasteiger partial charge in [-0.25, -0.2) is 0 Å². The van der Waals surface area contributed by atoms with Gasteiger partial charge in [-0.2, -0.15) is 18.2 Å². The summed E-state index contributed by atoms with van der Waals surface area (Å²) in [5.41, 5.74) is -1.20. The highest BCUT2D eigenvalue weighted by Crippen LogP contribution is 2.29. The molecule has 0 atom stereocenters. The third-order valence-corrected chi connectivity index (χ3v) is 3.36. The van der Waals surface area contributed by atoms with Gasteiger partial charge in [0, 0.05) is 11.0 Å². The molecule has 0 aliphatic heterocycles. The van der Waals surface area contributed by atoms with Gasteiger partial charge in [-0.15, -0.1) is 0 Å². The number of nitrogens with one attached hydrogen (secondary N) is 1. The van der Waals surface area contributed by atoms with Crippen LogP contribution in [0, 0.1) is 0 Å². The Labute approximate surface area is 152 Å². The summed E-state index contributed by atoms with van der Waals surface area (Å²) in [6, 6.07) is 3.62. The normalized spacial score (nSPS) is 11.9. The van der Waals surface area contributed by atoms with Crippen molar-refractivity contribution >= 4 is 11.9 Å². The van der Waals surface area contributed by atoms with Gasteiger partial charge >= 0.3 is 12.1 Å². The number of esters is 1. The molecule has 7 nitrogen and oxygen atoms in total. The third kappa shape index (κ3) is 5.80. The number of hydrogen-bond donors (Lipinski definition) is 1. The fourth-order valence-corrected chi connectivity index (χ4v) is 1.88. The fraction of sp³-hybridized carbons (Fsp3) is 0.412. The zero-order valence-corrected chi connectivity index (χ0v) is 14.9. The number of halogens is 3. The number of aromatic nitrogens is 2. The molecular weight excluding hydrogens is 367 g/mol. The number of rotatable bonds is 5. The molecule has 2 aromatic rings. The summed E-state index contributed by atoms with van der Waals surface area (Å²) in [5, 5.41) is 6.04. The Morgan fingerprint density at radius 3 is 2.30 bits per heavy atom. The lowest BCUT2D eigenvalue weighted by atomic mass is 9.96. The number of carbonyl (C=O) groups is 2. The summed E-state index contributed by atoms with van der Waals surface area (Å²) in [6.45, 7) is 4.97. The number of nitrogens with zero attached hydrogens (tertiary/aromatic N) is 2. The Morgan fingerprint density at radius 1 is 1.15 bits per heavy atom. The quantitative estimate of drug-likeness (QED) is 0.796. The number of carbonyl (C=O) groups excluding carboxylic acids is 2. The predicted molar refractivity (Wildman–Crippen MR) is 86.6 cm³/mol. The van der Waals surface area contributed by atoms with Crippen LogP contribution in [0.4, 0.5) is 13.2 Å². The Hall–Kier alpha value is -2.91. The van der Waals surface area contributed by atoms with Crippen molar-refractivity contribution in [1.82, 2.24) is 15.5 Å². The van der Waals surface area contributed by atoms with Gasteiger partial charge in [0.1, 0.15) is 6.54 Å². The van der Waals surface area contributed by atoms with Crippen molar-refractivity contribution in [3.05, 3.63) is 47.1 Å². The summed E-state index contributed by atoms with van der Waals surface area (Å²) in [5.74, 6) is -0.884. The second-order valence-electron chi connectivity index (χ2n) is 6.68. The maximum atomic E-state index is 12.5. The molecule has 1 amide bonds. The number of hydrogen-bond acceptors (Lipinski definition) is 6. The van der Waals surface area contributed by atoms with Crippen LogP contribution in [0.25, 0.3) is 0 Å². The highest BCUT2D eigenvalue weighted by Gasteiger charge is 2.30. The van der Waals surface area contributed by atoms with Crippen LogP contribution in [0.15, 0.2) is 28.8 Å². The topological polar surface area (TPSA) is 94.3 Å². The standard InChI is InChI=1S/C17H18F3N3O4/c1-16(2,3)15-22-12(27-23-15)9-26-13(24)8-21-14(25)10-4-6-11(7-5-10)17(18,19)20/h4-7H,8-9H2,1-3H3,(H,21,25). The SMILES string of the molecule is CC(C)(C)c1noc(COC(=O)CNC(=O)c2ccc(C(F)(F)F)cc2)n1. The zero-order valence-electron chi connectivity index (χ0n) is 14.9. The van der Waals surface area contributed by atoms with Crippen molar-refractivity contribution < 1.29 is 32.0 Å². The molecule has 1 N–H and O–H groups in total. The largest absolute Gasteiger partial charge is 0.454 e. The van der Waals surface area contributed by atoms with Gasteiger partial charge in [0.05, 0.1) is 5.56 Å². The second-order valence-corrected chi connectivity index (χ2v) is 6.68. The predicted octanol–water partition coefficient (Wildman–Crippen LogP) is 2.86. The Kier molecular flexibility index (Phi) is 5.87. The van der Waals surface area contributed by atoms with Gasteiger partial charge in [-0.05, 0) is 24.3 Å². The lowest BCUT2D eigenvalue weighted by Gasteiger charge is -2.10. The van der Waals surface area contributed by atoms with Crippen molar-refractivity contribution in [3.8, 4) is 0 Å². The summed E-state index contributed by atoms with van der Waals surface area (Å²) in [6.07, 6.45) is -4.49. The molecule has 0 saturated carbocycles. The molecule has 0 aliphatic carbocycles. The first-order valence-electron chi connectivity index (χ1n) is 7.91. The minimum atomic E-state index is -4.49. The first-order chi connectivity index (χ1) is 12.5. The van der Waals surface area contributed by atoms with E-state index in [-0.39, 0.29) is 23.5 Å². The summed E-state index contributed by atoms with van der Waals surface area (Å²) in [7, 11) is 0. The Bertz CT molecular complexity index is 808. The number of ether oxygens (including phenoxy) is 1. The smallest absolute Gasteiger partial charge is 0.416 e. The fourth-order valence-electron chi connectivity index (χ4n) is 1.88. The van der Waals surface area contributed by atoms with Gasteiger partial charge < -0.3 is 14.6 Å². The first kappa shape index (κ1) is 20.4. The first-order valence-corrected chi connectivity index (χ1v) is 7.91. The van der Waals surface area contributed by atoms with Gasteiger partial charge in [-0.3, -0.25) is 9.59 Å². The molecule has 1 aromatic carbocycles. The monoisotopic (exact) mass is 385 g/mol. The molecule has 1 heterocycles. The van der Waals surface area contributed by atoms with Crippen LogP contribution < -0.4 is 5.32 Å². The molecule has 0 bridgehead atoms. The average molecular weight is 385 g/mol. The third-order valence-electron chi connectivity index (χ3n) is 3.36. The van der Waals surface area contributed by atoms with Crippen molar-refractivity contribution in [2.45, 2.75) is 39.0 Å². The van der Waals surface area contributed by atoms with Crippen molar-refractivity contribution in [3.63, 3.8) is 0 Å². The van der Waals surface area contributed by atoms with E-state index in [0.717, 1.165) is 24.3 Å². The molecule has 0 spiro atoms. The molecule has 0 radical (unpaired) electrons. The van der Waals surface area contributed by atoms with E-state index in [1.165, 1.54) is 0 Å². The minimum absolute atomic E-state index is 0.0116. The highest BCUT2D eigenvalue weighted by atomic mass is 19.4. The Morgan fingerprint density at radius 2 is 1.78 bits per heavy atom. The molecule has 0 saturated heterocycles. The van der Waals surface area contributed by atoms with Crippen LogP contribution in [0.1, 0.15) is 48.4 Å². The number of amides is 1. The van der Waals surface area contributed by atoms with Crippen LogP contribution >= 0.6 is 0 Å². The molecule has 0 fully saturated rings. The molecule has 10 heteroatoms. The van der Waals surface area contributed by atoms with Crippen molar-refractivity contribution in [1.29, 1.82) is 0 Å². The average Bonchev–Trinajstić information content (AvgIpc) is 3.06. The number of benzene rings is 1. The van der Waals surface area contributed by atoms with E-state index >= 15 is 0 Å². The van der Waals surface area contributed by atoms with E-state index in [4.69, 9.17) is 9.26 Å². The van der Waals surface area contributed by atoms with Crippen LogP contribution in [0.5, 0.6) is 0 Å². The molecular formula is C17H18F3N3O4. The van der Waals surface area contributed by atoms with E-state index in [9.17, 15) is 22.8 Å². The van der Waals surface area contributed by atoms with Crippen molar-refractivity contribution in [2.24, 2.45) is 0 Å². The van der Waals surface area contributed by atoms with Crippen molar-refractivity contribution in [2.75, 3.05) is 6.54 Å². The molecule has 146 valence electrons. The van der Waals surface area contributed by atoms with E-state index in [0.29, 0.717) is 5.82 Å². The Balaban J connectivity index is 1.81. The van der Waals surface area contributed by atoms with E-state index in [2.05, 4.69) is 15.5 Å². The number of alkyl halides is 3. The maximum absolute atomic E-state index is 12.5. The minimum Gasteiger partial charge on any atom is -0.454 e. The summed E-state index contributed by atoms with van der Waals surface area (Å²) >= 11 is 0. The van der Waals surface area contributed by atoms with E-state index < -0.39 is 30.2 Å². The molecule has 0 aliphatic rings. The lowest BCUT2D eigenvalue weighted by Crippen LogP contribution is -2.30. The molecule has 2 rings (SSSR count). The maximum Gasteiger partial charge on any atom is 0.416 e. The van der Waals surface area contributed by atoms with Crippen LogP contribution in [0.3, 0.4) is 0 Å². The van der Waals surface area contributed by atoms with Crippen LogP contribution in [-0.4, -0.2) is 28.6 Å². The van der Waals surface area contributed by atoms with Gasteiger partial charge in [-0.1, -0.05) is 25.9 Å². The highest BCUT2D eigenvalue weighted by molar-refractivity contribution is 5.95. The van der Waals surface area contributed by atoms with Gasteiger partial charge in [0.25, 0.3) is 11.8 Å². The summed E-state index contributed by atoms with van der Waals surface area (Å²) < 4.78 is 47.3.